The average Bonchev–Trinajstić information content (AvgIpc) is 3.00. The largest absolute Gasteiger partial charge is 0.481 e. The maximum Gasteiger partial charge on any atom is 0.314 e. The molecule has 1 N–H and O–H groups in total. The summed E-state index contributed by atoms with van der Waals surface area (Å²) in [5.41, 5.74) is 0.441. The molecule has 1 saturated heterocycles. The lowest BCUT2D eigenvalue weighted by atomic mass is 9.94. The van der Waals surface area contributed by atoms with Crippen LogP contribution in [-0.2, 0) is 24.1 Å². The van der Waals surface area contributed by atoms with Crippen LogP contribution in [0.1, 0.15) is 44.6 Å². The summed E-state index contributed by atoms with van der Waals surface area (Å²) in [6.45, 7) is 5.49. The highest BCUT2D eigenvalue weighted by Crippen LogP contribution is 2.44. The smallest absolute Gasteiger partial charge is 0.314 e. The molecular formula is C21H27ClO6S. The van der Waals surface area contributed by atoms with Crippen molar-refractivity contribution >= 4 is 27.4 Å². The number of carbonyl (C=O) groups is 1. The van der Waals surface area contributed by atoms with Gasteiger partial charge in [0.15, 0.2) is 15.6 Å². The van der Waals surface area contributed by atoms with Gasteiger partial charge in [-0.2, -0.15) is 0 Å². The third kappa shape index (κ3) is 5.20. The fourth-order valence-electron chi connectivity index (χ4n) is 3.79. The molecule has 8 heteroatoms. The van der Waals surface area contributed by atoms with Crippen LogP contribution in [0.2, 0.25) is 5.02 Å². The number of aliphatic carboxylic acids is 1. The SMILES string of the molecule is CC1(C)COC2(CC[C@H](/C=C/C(C(=O)O)c3ccc(S(C)(=O)=O)c(Cl)c3)C2)OC1. The number of allylic oxidation sites excluding steroid dienone is 1. The number of benzene rings is 1. The summed E-state index contributed by atoms with van der Waals surface area (Å²) in [7, 11) is -3.47. The summed E-state index contributed by atoms with van der Waals surface area (Å²) in [6, 6.07) is 4.26. The van der Waals surface area contributed by atoms with Gasteiger partial charge >= 0.3 is 5.97 Å². The molecule has 1 aliphatic heterocycles. The maximum atomic E-state index is 11.8. The van der Waals surface area contributed by atoms with Crippen molar-refractivity contribution in [2.45, 2.75) is 49.7 Å². The Kier molecular flexibility index (Phi) is 6.16. The molecule has 3 rings (SSSR count). The molecule has 160 valence electrons. The standard InChI is InChI=1S/C21H27ClO6S/c1-20(2)12-27-21(28-13-20)9-8-14(11-21)4-6-16(19(23)24)15-5-7-18(17(22)10-15)29(3,25)26/h4-7,10,14,16H,8-9,11-13H2,1-3H3,(H,23,24)/b6-4+/t14-,16?/m0/s1. The van der Waals surface area contributed by atoms with Crippen molar-refractivity contribution in [2.24, 2.45) is 11.3 Å². The van der Waals surface area contributed by atoms with Crippen LogP contribution in [0.15, 0.2) is 35.2 Å². The normalized spacial score (nSPS) is 24.8. The summed E-state index contributed by atoms with van der Waals surface area (Å²) in [5.74, 6) is -2.35. The van der Waals surface area contributed by atoms with Gasteiger partial charge in [0.05, 0.1) is 29.0 Å². The van der Waals surface area contributed by atoms with Crippen molar-refractivity contribution in [1.82, 2.24) is 0 Å². The van der Waals surface area contributed by atoms with Crippen molar-refractivity contribution < 1.29 is 27.8 Å². The maximum absolute atomic E-state index is 11.8. The molecular weight excluding hydrogens is 416 g/mol. The second kappa shape index (κ2) is 8.02. The minimum atomic E-state index is -3.47. The molecule has 1 aromatic rings. The van der Waals surface area contributed by atoms with Crippen LogP contribution in [0, 0.1) is 11.3 Å². The molecule has 0 aromatic heterocycles. The number of carboxylic acid groups (broad SMARTS) is 1. The summed E-state index contributed by atoms with van der Waals surface area (Å²) in [4.78, 5) is 11.8. The van der Waals surface area contributed by atoms with E-state index in [9.17, 15) is 18.3 Å². The van der Waals surface area contributed by atoms with Crippen molar-refractivity contribution in [2.75, 3.05) is 19.5 Å². The van der Waals surface area contributed by atoms with Gasteiger partial charge in [0, 0.05) is 24.5 Å². The number of ether oxygens (including phenoxy) is 2. The van der Waals surface area contributed by atoms with E-state index in [1.807, 2.05) is 6.08 Å². The van der Waals surface area contributed by atoms with Crippen LogP contribution in [0.3, 0.4) is 0 Å². The first-order valence-corrected chi connectivity index (χ1v) is 11.9. The van der Waals surface area contributed by atoms with Gasteiger partial charge in [-0.25, -0.2) is 8.42 Å². The van der Waals surface area contributed by atoms with Crippen molar-refractivity contribution in [1.29, 1.82) is 0 Å². The lowest BCUT2D eigenvalue weighted by Crippen LogP contribution is -2.45. The van der Waals surface area contributed by atoms with Crippen LogP contribution in [0.25, 0.3) is 0 Å². The number of rotatable bonds is 5. The lowest BCUT2D eigenvalue weighted by molar-refractivity contribution is -0.295. The number of hydrogen-bond acceptors (Lipinski definition) is 5. The van der Waals surface area contributed by atoms with Crippen LogP contribution in [0.5, 0.6) is 0 Å². The first-order chi connectivity index (χ1) is 13.4. The zero-order valence-electron chi connectivity index (χ0n) is 16.9. The monoisotopic (exact) mass is 442 g/mol. The van der Waals surface area contributed by atoms with E-state index in [1.165, 1.54) is 18.2 Å². The lowest BCUT2D eigenvalue weighted by Gasteiger charge is -2.41. The Balaban J connectivity index is 1.73. The van der Waals surface area contributed by atoms with E-state index >= 15 is 0 Å². The van der Waals surface area contributed by atoms with Gasteiger partial charge in [0.2, 0.25) is 0 Å². The van der Waals surface area contributed by atoms with Crippen LogP contribution < -0.4 is 0 Å². The Labute approximate surface area is 176 Å². The highest BCUT2D eigenvalue weighted by molar-refractivity contribution is 7.90. The fraction of sp³-hybridized carbons (Fsp3) is 0.571. The predicted octanol–water partition coefficient (Wildman–Crippen LogP) is 4.04. The van der Waals surface area contributed by atoms with Gasteiger partial charge in [0.25, 0.3) is 0 Å². The van der Waals surface area contributed by atoms with E-state index in [0.717, 1.165) is 19.1 Å². The average molecular weight is 443 g/mol. The van der Waals surface area contributed by atoms with E-state index in [4.69, 9.17) is 21.1 Å². The van der Waals surface area contributed by atoms with Gasteiger partial charge in [-0.05, 0) is 30.0 Å². The van der Waals surface area contributed by atoms with E-state index in [1.54, 1.807) is 6.08 Å². The summed E-state index contributed by atoms with van der Waals surface area (Å²) in [6.07, 6.45) is 6.94. The zero-order chi connectivity index (χ0) is 21.4. The van der Waals surface area contributed by atoms with E-state index in [-0.39, 0.29) is 21.3 Å². The van der Waals surface area contributed by atoms with Gasteiger partial charge in [-0.15, -0.1) is 0 Å². The minimum absolute atomic E-state index is 0.00494. The molecule has 1 aromatic carbocycles. The first-order valence-electron chi connectivity index (χ1n) is 9.59. The topological polar surface area (TPSA) is 89.9 Å². The molecule has 1 saturated carbocycles. The molecule has 1 aliphatic carbocycles. The Morgan fingerprint density at radius 1 is 1.31 bits per heavy atom. The van der Waals surface area contributed by atoms with Gasteiger partial charge in [0.1, 0.15) is 0 Å². The minimum Gasteiger partial charge on any atom is -0.481 e. The van der Waals surface area contributed by atoms with Crippen LogP contribution in [-0.4, -0.2) is 44.8 Å². The molecule has 0 amide bonds. The highest BCUT2D eigenvalue weighted by atomic mass is 35.5. The molecule has 0 bridgehead atoms. The molecule has 1 unspecified atom stereocenters. The molecule has 2 fully saturated rings. The quantitative estimate of drug-likeness (QED) is 0.692. The molecule has 2 aliphatic rings. The predicted molar refractivity (Wildman–Crippen MR) is 110 cm³/mol. The third-order valence-electron chi connectivity index (χ3n) is 5.48. The van der Waals surface area contributed by atoms with Crippen molar-refractivity contribution in [3.8, 4) is 0 Å². The zero-order valence-corrected chi connectivity index (χ0v) is 18.4. The Morgan fingerprint density at radius 3 is 2.52 bits per heavy atom. The number of halogens is 1. The van der Waals surface area contributed by atoms with Gasteiger partial charge in [-0.1, -0.05) is 43.7 Å². The van der Waals surface area contributed by atoms with Gasteiger partial charge < -0.3 is 14.6 Å². The van der Waals surface area contributed by atoms with Crippen LogP contribution >= 0.6 is 11.6 Å². The molecule has 1 spiro atoms. The summed E-state index contributed by atoms with van der Waals surface area (Å²) < 4.78 is 35.5. The van der Waals surface area contributed by atoms with Crippen molar-refractivity contribution in [3.63, 3.8) is 0 Å². The number of hydrogen-bond donors (Lipinski definition) is 1. The Bertz CT molecular complexity index is 911. The van der Waals surface area contributed by atoms with Crippen molar-refractivity contribution in [3.05, 3.63) is 40.9 Å². The molecule has 0 radical (unpaired) electrons. The first kappa shape index (κ1) is 22.3. The number of carboxylic acids is 1. The summed E-state index contributed by atoms with van der Waals surface area (Å²) in [5, 5.41) is 9.68. The fourth-order valence-corrected chi connectivity index (χ4v) is 5.13. The van der Waals surface area contributed by atoms with Crippen LogP contribution in [0.4, 0.5) is 0 Å². The summed E-state index contributed by atoms with van der Waals surface area (Å²) >= 11 is 6.08. The van der Waals surface area contributed by atoms with E-state index in [2.05, 4.69) is 13.8 Å². The van der Waals surface area contributed by atoms with E-state index < -0.39 is 27.5 Å². The van der Waals surface area contributed by atoms with E-state index in [0.29, 0.717) is 25.2 Å². The molecule has 2 atom stereocenters. The second-order valence-corrected chi connectivity index (χ2v) is 11.2. The Morgan fingerprint density at radius 2 is 1.97 bits per heavy atom. The molecule has 1 heterocycles. The number of sulfone groups is 1. The Hall–Kier alpha value is -1.41. The third-order valence-corrected chi connectivity index (χ3v) is 7.06. The highest BCUT2D eigenvalue weighted by Gasteiger charge is 2.45. The second-order valence-electron chi connectivity index (χ2n) is 8.82. The molecule has 29 heavy (non-hydrogen) atoms. The van der Waals surface area contributed by atoms with Gasteiger partial charge in [-0.3, -0.25) is 4.79 Å². The molecule has 6 nitrogen and oxygen atoms in total.